The highest BCUT2D eigenvalue weighted by atomic mass is 19.4. The van der Waals surface area contributed by atoms with Crippen molar-refractivity contribution in [3.8, 4) is 17.2 Å². The van der Waals surface area contributed by atoms with E-state index >= 15 is 0 Å². The maximum atomic E-state index is 12.2. The Morgan fingerprint density at radius 1 is 1.05 bits per heavy atom. The second kappa shape index (κ2) is 5.97. The van der Waals surface area contributed by atoms with E-state index in [0.717, 1.165) is 30.0 Å². The molecule has 0 spiro atoms. The van der Waals surface area contributed by atoms with Gasteiger partial charge in [-0.25, -0.2) is 0 Å². The van der Waals surface area contributed by atoms with Gasteiger partial charge in [0, 0.05) is 11.8 Å². The third kappa shape index (κ3) is 4.15. The van der Waals surface area contributed by atoms with E-state index in [-0.39, 0.29) is 22.7 Å². The van der Waals surface area contributed by atoms with Crippen LogP contribution < -0.4 is 4.74 Å². The van der Waals surface area contributed by atoms with Gasteiger partial charge in [-0.3, -0.25) is 4.99 Å². The first-order valence-electron chi connectivity index (χ1n) is 6.17. The highest BCUT2D eigenvalue weighted by molar-refractivity contribution is 5.86. The Bertz CT molecular complexity index is 712. The molecule has 2 aromatic rings. The minimum absolute atomic E-state index is 0.0302. The van der Waals surface area contributed by atoms with Crippen LogP contribution in [0.15, 0.2) is 41.4 Å². The largest absolute Gasteiger partial charge is 0.573 e. The molecular weight excluding hydrogens is 299 g/mol. The molecule has 116 valence electrons. The second-order valence-electron chi connectivity index (χ2n) is 4.52. The van der Waals surface area contributed by atoms with Crippen LogP contribution in [0.1, 0.15) is 11.1 Å². The minimum Gasteiger partial charge on any atom is -0.507 e. The number of ether oxygens (including phenoxy) is 1. The lowest BCUT2D eigenvalue weighted by molar-refractivity contribution is -0.274. The molecule has 0 aliphatic rings. The molecule has 2 rings (SSSR count). The van der Waals surface area contributed by atoms with Gasteiger partial charge in [-0.05, 0) is 42.8 Å². The average Bonchev–Trinajstić information content (AvgIpc) is 2.41. The third-order valence-corrected chi connectivity index (χ3v) is 2.71. The van der Waals surface area contributed by atoms with Crippen LogP contribution in [0.2, 0.25) is 0 Å². The zero-order valence-electron chi connectivity index (χ0n) is 11.4. The van der Waals surface area contributed by atoms with E-state index in [1.54, 1.807) is 19.1 Å². The van der Waals surface area contributed by atoms with Crippen molar-refractivity contribution in [2.24, 2.45) is 4.99 Å². The number of benzene rings is 2. The zero-order valence-corrected chi connectivity index (χ0v) is 11.4. The number of aromatic hydroxyl groups is 2. The summed E-state index contributed by atoms with van der Waals surface area (Å²) >= 11 is 0. The number of alkyl halides is 3. The summed E-state index contributed by atoms with van der Waals surface area (Å²) in [5.74, 6) is -0.810. The number of phenolic OH excluding ortho intramolecular Hbond substituents is 2. The Balaban J connectivity index is 2.30. The molecule has 0 atom stereocenters. The van der Waals surface area contributed by atoms with E-state index in [2.05, 4.69) is 9.73 Å². The molecule has 2 aromatic carbocycles. The van der Waals surface area contributed by atoms with E-state index in [9.17, 15) is 23.4 Å². The molecule has 0 aliphatic carbocycles. The molecule has 2 N–H and O–H groups in total. The molecule has 22 heavy (non-hydrogen) atoms. The SMILES string of the molecule is Cc1ccc(O)c(N=Cc2cc(OC(F)(F)F)ccc2O)c1. The first-order chi connectivity index (χ1) is 10.2. The molecular formula is C15H12F3NO3. The maximum Gasteiger partial charge on any atom is 0.573 e. The Morgan fingerprint density at radius 3 is 2.41 bits per heavy atom. The van der Waals surface area contributed by atoms with Crippen molar-refractivity contribution in [3.05, 3.63) is 47.5 Å². The molecule has 0 saturated carbocycles. The van der Waals surface area contributed by atoms with Crippen LogP contribution in [-0.4, -0.2) is 22.8 Å². The van der Waals surface area contributed by atoms with Crippen molar-refractivity contribution in [3.63, 3.8) is 0 Å². The van der Waals surface area contributed by atoms with E-state index in [1.807, 2.05) is 0 Å². The van der Waals surface area contributed by atoms with E-state index < -0.39 is 12.1 Å². The fraction of sp³-hybridized carbons (Fsp3) is 0.133. The van der Waals surface area contributed by atoms with Crippen LogP contribution in [0.5, 0.6) is 17.2 Å². The van der Waals surface area contributed by atoms with Crippen LogP contribution in [0.4, 0.5) is 18.9 Å². The highest BCUT2D eigenvalue weighted by Crippen LogP contribution is 2.29. The lowest BCUT2D eigenvalue weighted by Crippen LogP contribution is -2.17. The zero-order chi connectivity index (χ0) is 16.3. The van der Waals surface area contributed by atoms with Gasteiger partial charge >= 0.3 is 6.36 Å². The second-order valence-corrected chi connectivity index (χ2v) is 4.52. The summed E-state index contributed by atoms with van der Waals surface area (Å²) in [5.41, 5.74) is 1.12. The Hall–Kier alpha value is -2.70. The van der Waals surface area contributed by atoms with Gasteiger partial charge in [-0.15, -0.1) is 13.2 Å². The van der Waals surface area contributed by atoms with Crippen LogP contribution in [0.3, 0.4) is 0 Å². The molecule has 0 aliphatic heterocycles. The lowest BCUT2D eigenvalue weighted by Gasteiger charge is -2.09. The molecule has 0 amide bonds. The average molecular weight is 311 g/mol. The van der Waals surface area contributed by atoms with Crippen molar-refractivity contribution in [2.75, 3.05) is 0 Å². The Labute approximate surface area is 124 Å². The van der Waals surface area contributed by atoms with Gasteiger partial charge in [0.15, 0.2) is 0 Å². The Kier molecular flexibility index (Phi) is 4.25. The summed E-state index contributed by atoms with van der Waals surface area (Å²) in [6.45, 7) is 1.80. The van der Waals surface area contributed by atoms with Crippen molar-refractivity contribution in [1.82, 2.24) is 0 Å². The van der Waals surface area contributed by atoms with Crippen LogP contribution in [-0.2, 0) is 0 Å². The first-order valence-corrected chi connectivity index (χ1v) is 6.17. The van der Waals surface area contributed by atoms with Crippen LogP contribution in [0, 0.1) is 6.92 Å². The molecule has 0 fully saturated rings. The van der Waals surface area contributed by atoms with Crippen molar-refractivity contribution < 1.29 is 28.1 Å². The van der Waals surface area contributed by atoms with Gasteiger partial charge in [0.2, 0.25) is 0 Å². The molecule has 4 nitrogen and oxygen atoms in total. The highest BCUT2D eigenvalue weighted by Gasteiger charge is 2.31. The van der Waals surface area contributed by atoms with E-state index in [0.29, 0.717) is 0 Å². The standard InChI is InChI=1S/C15H12F3NO3/c1-9-2-4-14(21)12(6-9)19-8-10-7-11(3-5-13(10)20)22-15(16,17)18/h2-8,20-21H,1H3. The lowest BCUT2D eigenvalue weighted by atomic mass is 10.2. The summed E-state index contributed by atoms with van der Waals surface area (Å²) in [6.07, 6.45) is -3.67. The number of hydrogen-bond acceptors (Lipinski definition) is 4. The monoisotopic (exact) mass is 311 g/mol. The van der Waals surface area contributed by atoms with Crippen molar-refractivity contribution >= 4 is 11.9 Å². The maximum absolute atomic E-state index is 12.2. The van der Waals surface area contributed by atoms with Gasteiger partial charge in [-0.2, -0.15) is 0 Å². The van der Waals surface area contributed by atoms with E-state index in [1.165, 1.54) is 6.07 Å². The fourth-order valence-electron chi connectivity index (χ4n) is 1.71. The van der Waals surface area contributed by atoms with E-state index in [4.69, 9.17) is 0 Å². The number of rotatable bonds is 3. The summed E-state index contributed by atoms with van der Waals surface area (Å²) < 4.78 is 40.3. The number of hydrogen-bond donors (Lipinski definition) is 2. The molecule has 0 saturated heterocycles. The summed E-state index contributed by atoms with van der Waals surface area (Å²) in [7, 11) is 0. The molecule has 0 radical (unpaired) electrons. The molecule has 0 unspecified atom stereocenters. The number of nitrogens with zero attached hydrogens (tertiary/aromatic N) is 1. The number of aliphatic imine (C=N–C) groups is 1. The fourth-order valence-corrected chi connectivity index (χ4v) is 1.71. The molecule has 7 heteroatoms. The molecule has 0 bridgehead atoms. The van der Waals surface area contributed by atoms with Gasteiger partial charge in [0.05, 0.1) is 0 Å². The normalized spacial score (nSPS) is 11.8. The molecule has 0 aromatic heterocycles. The summed E-state index contributed by atoms with van der Waals surface area (Å²) in [6, 6.07) is 7.79. The predicted molar refractivity (Wildman–Crippen MR) is 74.9 cm³/mol. The quantitative estimate of drug-likeness (QED) is 0.840. The van der Waals surface area contributed by atoms with Gasteiger partial charge in [0.1, 0.15) is 22.9 Å². The summed E-state index contributed by atoms with van der Waals surface area (Å²) in [5, 5.41) is 19.3. The minimum atomic E-state index is -4.82. The predicted octanol–water partition coefficient (Wildman–Crippen LogP) is 4.06. The van der Waals surface area contributed by atoms with Crippen molar-refractivity contribution in [2.45, 2.75) is 13.3 Å². The number of phenols is 2. The summed E-state index contributed by atoms with van der Waals surface area (Å²) in [4.78, 5) is 3.96. The number of halogens is 3. The smallest absolute Gasteiger partial charge is 0.507 e. The van der Waals surface area contributed by atoms with Crippen LogP contribution >= 0.6 is 0 Å². The van der Waals surface area contributed by atoms with Gasteiger partial charge in [0.25, 0.3) is 0 Å². The topological polar surface area (TPSA) is 62.1 Å². The number of aryl methyl sites for hydroxylation is 1. The van der Waals surface area contributed by atoms with Gasteiger partial charge in [-0.1, -0.05) is 6.07 Å². The Morgan fingerprint density at radius 2 is 1.73 bits per heavy atom. The first kappa shape index (κ1) is 15.7. The molecule has 0 heterocycles. The van der Waals surface area contributed by atoms with Crippen LogP contribution in [0.25, 0.3) is 0 Å². The van der Waals surface area contributed by atoms with Gasteiger partial charge < -0.3 is 14.9 Å². The van der Waals surface area contributed by atoms with Crippen molar-refractivity contribution in [1.29, 1.82) is 0 Å². The third-order valence-electron chi connectivity index (χ3n) is 2.71.